The first kappa shape index (κ1) is 23.9. The van der Waals surface area contributed by atoms with Gasteiger partial charge in [-0.25, -0.2) is 4.39 Å². The van der Waals surface area contributed by atoms with Crippen LogP contribution in [0.2, 0.25) is 0 Å². The highest BCUT2D eigenvalue weighted by Crippen LogP contribution is 2.18. The minimum Gasteiger partial charge on any atom is -0.386 e. The van der Waals surface area contributed by atoms with Gasteiger partial charge in [0.05, 0.1) is 5.70 Å². The predicted octanol–water partition coefficient (Wildman–Crippen LogP) is 5.93. The summed E-state index contributed by atoms with van der Waals surface area (Å²) in [7, 11) is 1.87. The molecule has 154 valence electrons. The second kappa shape index (κ2) is 14.9. The fraction of sp³-hybridized carbons (Fsp3) is 0.240. The molecular weight excluding hydrogens is 361 g/mol. The molecule has 0 saturated carbocycles. The Labute approximate surface area is 174 Å². The molecule has 0 aromatic heterocycles. The summed E-state index contributed by atoms with van der Waals surface area (Å²) in [5.41, 5.74) is 4.19. The van der Waals surface area contributed by atoms with Gasteiger partial charge < -0.3 is 10.6 Å². The largest absolute Gasteiger partial charge is 0.386 e. The van der Waals surface area contributed by atoms with Crippen molar-refractivity contribution in [2.45, 2.75) is 26.2 Å². The van der Waals surface area contributed by atoms with E-state index in [9.17, 15) is 4.39 Å². The smallest absolute Gasteiger partial charge is 0.123 e. The molecule has 1 aromatic rings. The lowest BCUT2D eigenvalue weighted by molar-refractivity contribution is 0.627. The maximum Gasteiger partial charge on any atom is 0.123 e. The third kappa shape index (κ3) is 9.56. The van der Waals surface area contributed by atoms with Crippen molar-refractivity contribution in [2.24, 2.45) is 4.99 Å². The first-order valence-electron chi connectivity index (χ1n) is 9.80. The van der Waals surface area contributed by atoms with E-state index in [0.29, 0.717) is 6.42 Å². The van der Waals surface area contributed by atoms with E-state index in [0.717, 1.165) is 36.3 Å². The molecule has 0 aliphatic rings. The zero-order chi connectivity index (χ0) is 21.3. The molecule has 0 atom stereocenters. The molecule has 0 spiro atoms. The Kier molecular flexibility index (Phi) is 12.2. The summed E-state index contributed by atoms with van der Waals surface area (Å²) in [5.74, 6) is -0.246. The van der Waals surface area contributed by atoms with Crippen molar-refractivity contribution < 1.29 is 4.39 Å². The fourth-order valence-corrected chi connectivity index (χ4v) is 2.74. The number of nitrogens with one attached hydrogen (secondary N) is 2. The third-order valence-electron chi connectivity index (χ3n) is 4.19. The lowest BCUT2D eigenvalue weighted by Gasteiger charge is -2.17. The second-order valence-corrected chi connectivity index (χ2v) is 6.22. The molecule has 0 fully saturated rings. The van der Waals surface area contributed by atoms with Crippen molar-refractivity contribution in [1.29, 1.82) is 0 Å². The van der Waals surface area contributed by atoms with Crippen LogP contribution in [0.4, 0.5) is 4.39 Å². The zero-order valence-corrected chi connectivity index (χ0v) is 17.5. The van der Waals surface area contributed by atoms with Crippen LogP contribution in [0, 0.1) is 5.82 Å². The van der Waals surface area contributed by atoms with Crippen LogP contribution in [0.5, 0.6) is 0 Å². The Balaban J connectivity index is 2.91. The summed E-state index contributed by atoms with van der Waals surface area (Å²) >= 11 is 0. The van der Waals surface area contributed by atoms with Crippen LogP contribution >= 0.6 is 0 Å². The van der Waals surface area contributed by atoms with Gasteiger partial charge in [0.1, 0.15) is 5.82 Å². The van der Waals surface area contributed by atoms with Gasteiger partial charge in [-0.2, -0.15) is 0 Å². The van der Waals surface area contributed by atoms with Gasteiger partial charge in [-0.1, -0.05) is 55.2 Å². The molecule has 1 rings (SSSR count). The Morgan fingerprint density at radius 1 is 1.17 bits per heavy atom. The molecular formula is C25H32FN3. The Hall–Kier alpha value is -3.14. The normalized spacial score (nSPS) is 13.1. The first-order valence-corrected chi connectivity index (χ1v) is 9.80. The summed E-state index contributed by atoms with van der Waals surface area (Å²) in [6.07, 6.45) is 17.6. The highest BCUT2D eigenvalue weighted by atomic mass is 19.1. The number of nitrogens with zero attached hydrogens (tertiary/aromatic N) is 1. The maximum atomic E-state index is 13.3. The van der Waals surface area contributed by atoms with E-state index in [4.69, 9.17) is 0 Å². The van der Waals surface area contributed by atoms with E-state index in [2.05, 4.69) is 40.9 Å². The number of hydrogen-bond donors (Lipinski definition) is 2. The van der Waals surface area contributed by atoms with E-state index in [1.54, 1.807) is 36.7 Å². The van der Waals surface area contributed by atoms with Crippen LogP contribution in [0.3, 0.4) is 0 Å². The SMILES string of the molecule is C=C/C=C\C(=C/C)CCCN/C(C/C=C\N=C/C=C)=C(\NC)c1ccc(F)cc1. The lowest BCUT2D eigenvalue weighted by Crippen LogP contribution is -2.20. The van der Waals surface area contributed by atoms with E-state index >= 15 is 0 Å². The number of rotatable bonds is 13. The Bertz CT molecular complexity index is 781. The summed E-state index contributed by atoms with van der Waals surface area (Å²) < 4.78 is 13.3. The van der Waals surface area contributed by atoms with Gasteiger partial charge in [0.2, 0.25) is 0 Å². The summed E-state index contributed by atoms with van der Waals surface area (Å²) in [6, 6.07) is 6.50. The molecule has 1 aromatic carbocycles. The van der Waals surface area contributed by atoms with E-state index in [-0.39, 0.29) is 5.82 Å². The van der Waals surface area contributed by atoms with Crippen molar-refractivity contribution in [3.8, 4) is 0 Å². The van der Waals surface area contributed by atoms with Crippen LogP contribution in [-0.4, -0.2) is 19.8 Å². The molecule has 0 heterocycles. The highest BCUT2D eigenvalue weighted by Gasteiger charge is 2.07. The van der Waals surface area contributed by atoms with Crippen molar-refractivity contribution in [3.05, 3.63) is 103 Å². The summed E-state index contributed by atoms with van der Waals surface area (Å²) in [6.45, 7) is 10.2. The van der Waals surface area contributed by atoms with Gasteiger partial charge in [-0.05, 0) is 49.6 Å². The van der Waals surface area contributed by atoms with E-state index in [1.807, 2.05) is 26.1 Å². The molecule has 0 amide bonds. The number of halogens is 1. The van der Waals surface area contributed by atoms with Crippen molar-refractivity contribution in [3.63, 3.8) is 0 Å². The standard InChI is InChI=1S/C25H32FN3/c1-5-8-11-21(7-3)12-9-20-29-24(13-10-19-28-18-6-2)25(27-4)22-14-16-23(26)17-15-22/h5-8,10-11,14-19,27,29H,1-2,9,12-13,20H2,3-4H3/b11-8-,19-10-,21-7+,25-24-,28-18-. The number of benzene rings is 1. The molecule has 0 aliphatic heterocycles. The Morgan fingerprint density at radius 3 is 2.55 bits per heavy atom. The van der Waals surface area contributed by atoms with Crippen LogP contribution in [0.15, 0.2) is 96.3 Å². The first-order chi connectivity index (χ1) is 14.2. The third-order valence-corrected chi connectivity index (χ3v) is 4.19. The highest BCUT2D eigenvalue weighted by molar-refractivity contribution is 5.70. The average Bonchev–Trinajstić information content (AvgIpc) is 2.74. The van der Waals surface area contributed by atoms with Crippen molar-refractivity contribution >= 4 is 11.9 Å². The van der Waals surface area contributed by atoms with Crippen molar-refractivity contribution in [2.75, 3.05) is 13.6 Å². The molecule has 3 nitrogen and oxygen atoms in total. The van der Waals surface area contributed by atoms with E-state index < -0.39 is 0 Å². The molecule has 2 N–H and O–H groups in total. The molecule has 0 bridgehead atoms. The van der Waals surface area contributed by atoms with Crippen LogP contribution in [0.25, 0.3) is 5.70 Å². The maximum absolute atomic E-state index is 13.3. The topological polar surface area (TPSA) is 36.4 Å². The molecule has 0 radical (unpaired) electrons. The zero-order valence-electron chi connectivity index (χ0n) is 17.5. The average molecular weight is 394 g/mol. The minimum absolute atomic E-state index is 0.246. The van der Waals surface area contributed by atoms with Gasteiger partial charge in [-0.3, -0.25) is 4.99 Å². The van der Waals surface area contributed by atoms with Gasteiger partial charge in [0.15, 0.2) is 0 Å². The number of allylic oxidation sites excluding steroid dienone is 7. The van der Waals surface area contributed by atoms with Gasteiger partial charge in [0, 0.05) is 38.1 Å². The molecule has 0 unspecified atom stereocenters. The lowest BCUT2D eigenvalue weighted by atomic mass is 10.1. The Morgan fingerprint density at radius 2 is 1.93 bits per heavy atom. The van der Waals surface area contributed by atoms with Crippen LogP contribution < -0.4 is 10.6 Å². The van der Waals surface area contributed by atoms with Gasteiger partial charge >= 0.3 is 0 Å². The summed E-state index contributed by atoms with van der Waals surface area (Å²) in [5, 5.41) is 6.79. The van der Waals surface area contributed by atoms with Gasteiger partial charge in [0.25, 0.3) is 0 Å². The summed E-state index contributed by atoms with van der Waals surface area (Å²) in [4.78, 5) is 4.12. The van der Waals surface area contributed by atoms with Gasteiger partial charge in [-0.15, -0.1) is 0 Å². The fourth-order valence-electron chi connectivity index (χ4n) is 2.74. The second-order valence-electron chi connectivity index (χ2n) is 6.22. The number of hydrogen-bond acceptors (Lipinski definition) is 3. The van der Waals surface area contributed by atoms with Crippen molar-refractivity contribution in [1.82, 2.24) is 10.6 Å². The van der Waals surface area contributed by atoms with Crippen LogP contribution in [-0.2, 0) is 0 Å². The predicted molar refractivity (Wildman–Crippen MR) is 125 cm³/mol. The monoisotopic (exact) mass is 393 g/mol. The van der Waals surface area contributed by atoms with Crippen LogP contribution in [0.1, 0.15) is 31.7 Å². The molecule has 0 saturated heterocycles. The molecule has 0 aliphatic carbocycles. The quantitative estimate of drug-likeness (QED) is 0.247. The van der Waals surface area contributed by atoms with E-state index in [1.165, 1.54) is 17.7 Å². The molecule has 4 heteroatoms. The minimum atomic E-state index is -0.246. The molecule has 29 heavy (non-hydrogen) atoms. The number of aliphatic imine (C=N–C) groups is 1.